The Kier molecular flexibility index (Phi) is 3.60. The van der Waals surface area contributed by atoms with E-state index in [1.165, 1.54) is 0 Å². The van der Waals surface area contributed by atoms with Crippen molar-refractivity contribution < 1.29 is 4.39 Å². The van der Waals surface area contributed by atoms with E-state index in [2.05, 4.69) is 6.07 Å². The fourth-order valence-electron chi connectivity index (χ4n) is 2.50. The maximum absolute atomic E-state index is 14.2. The van der Waals surface area contributed by atoms with Crippen LogP contribution in [0, 0.1) is 11.9 Å². The van der Waals surface area contributed by atoms with Crippen molar-refractivity contribution in [2.24, 2.45) is 0 Å². The Bertz CT molecular complexity index is 635. The number of benzene rings is 3. The number of halogens is 1. The standard InChI is InChI=1S/C19H14F/c20-18-14-8-7-13-17(18)19(15-9-3-1-4-10-15)16-11-5-2-6-12-16/h1-13,19H. The summed E-state index contributed by atoms with van der Waals surface area (Å²) in [7, 11) is 0. The zero-order valence-electron chi connectivity index (χ0n) is 11.0. The highest BCUT2D eigenvalue weighted by atomic mass is 19.1. The van der Waals surface area contributed by atoms with Gasteiger partial charge in [0, 0.05) is 17.5 Å². The third kappa shape index (κ3) is 2.48. The monoisotopic (exact) mass is 261 g/mol. The molecule has 0 heterocycles. The summed E-state index contributed by atoms with van der Waals surface area (Å²) < 4.78 is 14.2. The summed E-state index contributed by atoms with van der Waals surface area (Å²) in [6, 6.07) is 27.9. The van der Waals surface area contributed by atoms with Gasteiger partial charge in [0.2, 0.25) is 0 Å². The van der Waals surface area contributed by atoms with Gasteiger partial charge in [0.25, 0.3) is 0 Å². The van der Waals surface area contributed by atoms with Gasteiger partial charge in [-0.2, -0.15) is 0 Å². The van der Waals surface area contributed by atoms with Gasteiger partial charge in [-0.25, -0.2) is 4.39 Å². The molecule has 0 unspecified atom stereocenters. The lowest BCUT2D eigenvalue weighted by Crippen LogP contribution is -2.05. The van der Waals surface area contributed by atoms with E-state index in [4.69, 9.17) is 0 Å². The Morgan fingerprint density at radius 2 is 1.25 bits per heavy atom. The molecule has 1 heteroatoms. The minimum atomic E-state index is -0.287. The maximum Gasteiger partial charge on any atom is 0.135 e. The number of rotatable bonds is 3. The van der Waals surface area contributed by atoms with Crippen molar-refractivity contribution in [3.63, 3.8) is 0 Å². The van der Waals surface area contributed by atoms with Crippen molar-refractivity contribution in [3.05, 3.63) is 107 Å². The van der Waals surface area contributed by atoms with E-state index in [0.29, 0.717) is 5.56 Å². The fraction of sp³-hybridized carbons (Fsp3) is 0.0526. The van der Waals surface area contributed by atoms with Crippen LogP contribution in [0.5, 0.6) is 0 Å². The third-order valence-electron chi connectivity index (χ3n) is 3.41. The zero-order valence-corrected chi connectivity index (χ0v) is 11.0. The average molecular weight is 261 g/mol. The molecule has 3 aromatic carbocycles. The van der Waals surface area contributed by atoms with Gasteiger partial charge < -0.3 is 0 Å². The highest BCUT2D eigenvalue weighted by Gasteiger charge is 2.19. The Labute approximate surface area is 118 Å². The van der Waals surface area contributed by atoms with Crippen LogP contribution < -0.4 is 0 Å². The number of hydrogen-bond donors (Lipinski definition) is 0. The van der Waals surface area contributed by atoms with Gasteiger partial charge in [-0.3, -0.25) is 0 Å². The van der Waals surface area contributed by atoms with Gasteiger partial charge >= 0.3 is 0 Å². The van der Waals surface area contributed by atoms with E-state index >= 15 is 0 Å². The first kappa shape index (κ1) is 12.6. The summed E-state index contributed by atoms with van der Waals surface area (Å²) in [6.45, 7) is 0. The van der Waals surface area contributed by atoms with E-state index in [9.17, 15) is 4.39 Å². The van der Waals surface area contributed by atoms with Crippen LogP contribution in [0.15, 0.2) is 78.9 Å². The summed E-state index contributed by atoms with van der Waals surface area (Å²) in [6.07, 6.45) is 0. The highest BCUT2D eigenvalue weighted by Crippen LogP contribution is 2.32. The summed E-state index contributed by atoms with van der Waals surface area (Å²) >= 11 is 0. The van der Waals surface area contributed by atoms with Crippen LogP contribution >= 0.6 is 0 Å². The highest BCUT2D eigenvalue weighted by molar-refractivity contribution is 5.43. The largest absolute Gasteiger partial charge is 0.206 e. The van der Waals surface area contributed by atoms with Crippen LogP contribution in [0.1, 0.15) is 22.6 Å². The van der Waals surface area contributed by atoms with Crippen LogP contribution in [-0.2, 0) is 0 Å². The first-order valence-electron chi connectivity index (χ1n) is 6.62. The predicted octanol–water partition coefficient (Wildman–Crippen LogP) is 4.81. The molecule has 0 nitrogen and oxygen atoms in total. The van der Waals surface area contributed by atoms with Crippen LogP contribution in [0.25, 0.3) is 0 Å². The molecular weight excluding hydrogens is 247 g/mol. The van der Waals surface area contributed by atoms with Crippen molar-refractivity contribution in [2.75, 3.05) is 0 Å². The maximum atomic E-state index is 14.2. The first-order valence-corrected chi connectivity index (χ1v) is 6.62. The molecule has 0 saturated carbocycles. The van der Waals surface area contributed by atoms with E-state index in [-0.39, 0.29) is 11.7 Å². The van der Waals surface area contributed by atoms with Gasteiger partial charge in [0.15, 0.2) is 0 Å². The second-order valence-corrected chi connectivity index (χ2v) is 4.69. The van der Waals surface area contributed by atoms with Crippen molar-refractivity contribution in [3.8, 4) is 0 Å². The van der Waals surface area contributed by atoms with Crippen molar-refractivity contribution in [2.45, 2.75) is 5.92 Å². The summed E-state index contributed by atoms with van der Waals surface area (Å²) in [5, 5.41) is 0. The zero-order chi connectivity index (χ0) is 13.8. The van der Waals surface area contributed by atoms with Crippen LogP contribution in [-0.4, -0.2) is 0 Å². The molecule has 0 amide bonds. The SMILES string of the molecule is Fc1[c]cccc1C(c1ccccc1)c1ccccc1. The Balaban J connectivity index is 2.17. The van der Waals surface area contributed by atoms with Crippen LogP contribution in [0.3, 0.4) is 0 Å². The summed E-state index contributed by atoms with van der Waals surface area (Å²) in [5.41, 5.74) is 2.82. The summed E-state index contributed by atoms with van der Waals surface area (Å²) in [4.78, 5) is 0. The van der Waals surface area contributed by atoms with Gasteiger partial charge in [-0.15, -0.1) is 0 Å². The molecule has 0 aromatic heterocycles. The molecule has 97 valence electrons. The van der Waals surface area contributed by atoms with Crippen LogP contribution in [0.2, 0.25) is 0 Å². The summed E-state index contributed by atoms with van der Waals surface area (Å²) in [5.74, 6) is -0.389. The normalized spacial score (nSPS) is 10.7. The van der Waals surface area contributed by atoms with E-state index in [1.807, 2.05) is 72.8 Å². The molecule has 0 aliphatic carbocycles. The van der Waals surface area contributed by atoms with Gasteiger partial charge in [0.05, 0.1) is 0 Å². The van der Waals surface area contributed by atoms with E-state index < -0.39 is 0 Å². The van der Waals surface area contributed by atoms with Crippen molar-refractivity contribution >= 4 is 0 Å². The molecule has 0 aliphatic heterocycles. The average Bonchev–Trinajstić information content (AvgIpc) is 2.52. The second kappa shape index (κ2) is 5.70. The quantitative estimate of drug-likeness (QED) is 0.594. The minimum absolute atomic E-state index is 0.102. The lowest BCUT2D eigenvalue weighted by atomic mass is 9.85. The lowest BCUT2D eigenvalue weighted by molar-refractivity contribution is 0.604. The molecule has 0 saturated heterocycles. The van der Waals surface area contributed by atoms with Crippen molar-refractivity contribution in [1.82, 2.24) is 0 Å². The molecule has 3 aromatic rings. The topological polar surface area (TPSA) is 0 Å². The predicted molar refractivity (Wildman–Crippen MR) is 79.1 cm³/mol. The molecule has 20 heavy (non-hydrogen) atoms. The molecule has 0 spiro atoms. The molecule has 0 fully saturated rings. The Hall–Kier alpha value is -2.41. The smallest absolute Gasteiger partial charge is 0.135 e. The Morgan fingerprint density at radius 1 is 0.700 bits per heavy atom. The molecular formula is C19H14F. The molecule has 3 rings (SSSR count). The molecule has 0 N–H and O–H groups in total. The van der Waals surface area contributed by atoms with Gasteiger partial charge in [-0.05, 0) is 11.1 Å². The van der Waals surface area contributed by atoms with Gasteiger partial charge in [-0.1, -0.05) is 78.9 Å². The first-order chi connectivity index (χ1) is 9.86. The minimum Gasteiger partial charge on any atom is -0.206 e. The number of hydrogen-bond acceptors (Lipinski definition) is 0. The molecule has 0 bridgehead atoms. The molecule has 0 aliphatic rings. The van der Waals surface area contributed by atoms with Gasteiger partial charge in [0.1, 0.15) is 5.82 Å². The fourth-order valence-corrected chi connectivity index (χ4v) is 2.50. The lowest BCUT2D eigenvalue weighted by Gasteiger charge is -2.19. The van der Waals surface area contributed by atoms with E-state index in [0.717, 1.165) is 11.1 Å². The third-order valence-corrected chi connectivity index (χ3v) is 3.41. The van der Waals surface area contributed by atoms with E-state index in [1.54, 1.807) is 6.07 Å². The Morgan fingerprint density at radius 3 is 1.75 bits per heavy atom. The van der Waals surface area contributed by atoms with Crippen molar-refractivity contribution in [1.29, 1.82) is 0 Å². The van der Waals surface area contributed by atoms with Crippen LogP contribution in [0.4, 0.5) is 4.39 Å². The molecule has 1 radical (unpaired) electrons. The molecule has 0 atom stereocenters. The second-order valence-electron chi connectivity index (χ2n) is 4.69.